The molecule has 0 saturated heterocycles. The van der Waals surface area contributed by atoms with Crippen molar-refractivity contribution in [2.24, 2.45) is 0 Å². The van der Waals surface area contributed by atoms with Crippen LogP contribution in [0.25, 0.3) is 0 Å². The topological polar surface area (TPSA) is 30.5 Å². The highest BCUT2D eigenvalue weighted by Crippen LogP contribution is 2.39. The zero-order valence-corrected chi connectivity index (χ0v) is 11.9. The maximum Gasteiger partial charge on any atom is 0.213 e. The molecule has 0 fully saturated rings. The fourth-order valence-electron chi connectivity index (χ4n) is 2.37. The fourth-order valence-corrected chi connectivity index (χ4v) is 2.55. The Morgan fingerprint density at radius 1 is 1.15 bits per heavy atom. The van der Waals surface area contributed by atoms with E-state index in [2.05, 4.69) is 17.4 Å². The predicted octanol–water partition coefficient (Wildman–Crippen LogP) is 3.38. The van der Waals surface area contributed by atoms with E-state index in [1.807, 2.05) is 43.4 Å². The van der Waals surface area contributed by atoms with Crippen LogP contribution in [0.4, 0.5) is 0 Å². The number of likely N-dealkylation sites (N-methyl/N-ethyl adjacent to an activating group) is 1. The summed E-state index contributed by atoms with van der Waals surface area (Å²) in [6.45, 7) is 0.630. The Morgan fingerprint density at radius 2 is 1.95 bits per heavy atom. The molecular weight excluding hydrogens is 274 g/mol. The molecule has 0 spiro atoms. The van der Waals surface area contributed by atoms with Crippen LogP contribution in [0.3, 0.4) is 0 Å². The fraction of sp³-hybridized carbons (Fsp3) is 0.250. The van der Waals surface area contributed by atoms with Crippen molar-refractivity contribution in [2.75, 3.05) is 13.6 Å². The third kappa shape index (κ3) is 2.66. The van der Waals surface area contributed by atoms with Gasteiger partial charge in [-0.25, -0.2) is 0 Å². The second kappa shape index (κ2) is 5.83. The molecule has 0 aliphatic carbocycles. The van der Waals surface area contributed by atoms with Crippen molar-refractivity contribution in [1.29, 1.82) is 0 Å². The molecule has 2 aromatic rings. The molecule has 0 aromatic heterocycles. The standard InChI is InChI=1S/C16H16ClNO2/c1-18-10-15-19-14-8-7-12(17)9-13(14)16(20-15)11-5-3-2-4-6-11/h2-9,15-16,18H,10H2,1H3. The molecular formula is C16H16ClNO2. The lowest BCUT2D eigenvalue weighted by Gasteiger charge is -2.33. The number of halogens is 1. The third-order valence-electron chi connectivity index (χ3n) is 3.27. The summed E-state index contributed by atoms with van der Waals surface area (Å²) in [5.74, 6) is 0.828. The molecule has 20 heavy (non-hydrogen) atoms. The van der Waals surface area contributed by atoms with Gasteiger partial charge >= 0.3 is 0 Å². The molecule has 2 unspecified atom stereocenters. The van der Waals surface area contributed by atoms with Gasteiger partial charge in [0.1, 0.15) is 11.9 Å². The van der Waals surface area contributed by atoms with Crippen LogP contribution in [-0.2, 0) is 4.74 Å². The number of rotatable bonds is 3. The largest absolute Gasteiger partial charge is 0.463 e. The van der Waals surface area contributed by atoms with Crippen LogP contribution >= 0.6 is 11.6 Å². The van der Waals surface area contributed by atoms with Crippen LogP contribution in [0.15, 0.2) is 48.5 Å². The zero-order chi connectivity index (χ0) is 13.9. The normalized spacial score (nSPS) is 21.1. The summed E-state index contributed by atoms with van der Waals surface area (Å²) in [7, 11) is 1.88. The van der Waals surface area contributed by atoms with Gasteiger partial charge in [0.2, 0.25) is 6.29 Å². The average molecular weight is 290 g/mol. The first-order valence-electron chi connectivity index (χ1n) is 6.59. The summed E-state index contributed by atoms with van der Waals surface area (Å²) in [6, 6.07) is 15.8. The maximum absolute atomic E-state index is 6.10. The van der Waals surface area contributed by atoms with Crippen LogP contribution < -0.4 is 10.1 Å². The van der Waals surface area contributed by atoms with Crippen molar-refractivity contribution in [2.45, 2.75) is 12.4 Å². The van der Waals surface area contributed by atoms with Crippen LogP contribution in [0.1, 0.15) is 17.2 Å². The number of nitrogens with one attached hydrogen (secondary N) is 1. The molecule has 1 heterocycles. The van der Waals surface area contributed by atoms with E-state index in [-0.39, 0.29) is 12.4 Å². The smallest absolute Gasteiger partial charge is 0.213 e. The van der Waals surface area contributed by atoms with Crippen molar-refractivity contribution < 1.29 is 9.47 Å². The highest BCUT2D eigenvalue weighted by Gasteiger charge is 2.29. The predicted molar refractivity (Wildman–Crippen MR) is 79.2 cm³/mol. The molecule has 1 aliphatic rings. The summed E-state index contributed by atoms with van der Waals surface area (Å²) >= 11 is 6.10. The molecule has 0 bridgehead atoms. The Morgan fingerprint density at radius 3 is 2.70 bits per heavy atom. The summed E-state index contributed by atoms with van der Waals surface area (Å²) < 4.78 is 11.9. The lowest BCUT2D eigenvalue weighted by molar-refractivity contribution is -0.123. The summed E-state index contributed by atoms with van der Waals surface area (Å²) in [4.78, 5) is 0. The van der Waals surface area contributed by atoms with E-state index >= 15 is 0 Å². The number of hydrogen-bond acceptors (Lipinski definition) is 3. The minimum absolute atomic E-state index is 0.156. The van der Waals surface area contributed by atoms with Gasteiger partial charge in [-0.2, -0.15) is 0 Å². The molecule has 3 nitrogen and oxygen atoms in total. The number of hydrogen-bond donors (Lipinski definition) is 1. The Balaban J connectivity index is 2.02. The summed E-state index contributed by atoms with van der Waals surface area (Å²) in [6.07, 6.45) is -0.462. The van der Waals surface area contributed by atoms with Crippen LogP contribution in [-0.4, -0.2) is 19.9 Å². The molecule has 1 aliphatic heterocycles. The second-order valence-corrected chi connectivity index (χ2v) is 5.15. The first kappa shape index (κ1) is 13.4. The van der Waals surface area contributed by atoms with Crippen molar-refractivity contribution in [3.8, 4) is 5.75 Å². The zero-order valence-electron chi connectivity index (χ0n) is 11.2. The molecule has 104 valence electrons. The number of benzene rings is 2. The van der Waals surface area contributed by atoms with Gasteiger partial charge in [0.15, 0.2) is 0 Å². The monoisotopic (exact) mass is 289 g/mol. The van der Waals surface area contributed by atoms with E-state index in [0.29, 0.717) is 11.6 Å². The Kier molecular flexibility index (Phi) is 3.92. The highest BCUT2D eigenvalue weighted by molar-refractivity contribution is 6.30. The molecule has 0 saturated carbocycles. The van der Waals surface area contributed by atoms with E-state index in [4.69, 9.17) is 21.1 Å². The lowest BCUT2D eigenvalue weighted by Crippen LogP contribution is -2.36. The number of ether oxygens (including phenoxy) is 2. The van der Waals surface area contributed by atoms with Gasteiger partial charge in [-0.05, 0) is 30.8 Å². The van der Waals surface area contributed by atoms with Crippen molar-refractivity contribution >= 4 is 11.6 Å². The molecule has 2 aromatic carbocycles. The van der Waals surface area contributed by atoms with Gasteiger partial charge in [-0.1, -0.05) is 41.9 Å². The first-order chi connectivity index (χ1) is 9.78. The first-order valence-corrected chi connectivity index (χ1v) is 6.97. The van der Waals surface area contributed by atoms with E-state index in [1.165, 1.54) is 0 Å². The summed E-state index contributed by atoms with van der Waals surface area (Å²) in [5.41, 5.74) is 2.07. The highest BCUT2D eigenvalue weighted by atomic mass is 35.5. The number of fused-ring (bicyclic) bond motifs is 1. The minimum Gasteiger partial charge on any atom is -0.463 e. The van der Waals surface area contributed by atoms with Crippen LogP contribution in [0.5, 0.6) is 5.75 Å². The molecule has 3 rings (SSSR count). The average Bonchev–Trinajstić information content (AvgIpc) is 2.48. The minimum atomic E-state index is -0.307. The lowest BCUT2D eigenvalue weighted by atomic mass is 9.99. The maximum atomic E-state index is 6.10. The Bertz CT molecular complexity index is 588. The Labute approximate surface area is 123 Å². The van der Waals surface area contributed by atoms with Crippen molar-refractivity contribution in [3.05, 3.63) is 64.7 Å². The SMILES string of the molecule is CNCC1Oc2ccc(Cl)cc2C(c2ccccc2)O1. The van der Waals surface area contributed by atoms with Crippen molar-refractivity contribution in [3.63, 3.8) is 0 Å². The van der Waals surface area contributed by atoms with Gasteiger partial charge in [0.05, 0.1) is 6.54 Å². The summed E-state index contributed by atoms with van der Waals surface area (Å²) in [5, 5.41) is 3.76. The van der Waals surface area contributed by atoms with Crippen LogP contribution in [0, 0.1) is 0 Å². The molecule has 0 amide bonds. The molecule has 2 atom stereocenters. The van der Waals surface area contributed by atoms with Gasteiger partial charge in [0.25, 0.3) is 0 Å². The van der Waals surface area contributed by atoms with E-state index in [0.717, 1.165) is 16.9 Å². The van der Waals surface area contributed by atoms with Gasteiger partial charge in [-0.3, -0.25) is 0 Å². The van der Waals surface area contributed by atoms with E-state index in [1.54, 1.807) is 0 Å². The van der Waals surface area contributed by atoms with Gasteiger partial charge in [-0.15, -0.1) is 0 Å². The third-order valence-corrected chi connectivity index (χ3v) is 3.51. The quantitative estimate of drug-likeness (QED) is 0.939. The van der Waals surface area contributed by atoms with Crippen molar-refractivity contribution in [1.82, 2.24) is 5.32 Å². The van der Waals surface area contributed by atoms with E-state index in [9.17, 15) is 0 Å². The second-order valence-electron chi connectivity index (χ2n) is 4.71. The molecule has 4 heteroatoms. The van der Waals surface area contributed by atoms with Crippen LogP contribution in [0.2, 0.25) is 5.02 Å². The Hall–Kier alpha value is -1.55. The molecule has 0 radical (unpaired) electrons. The van der Waals surface area contributed by atoms with E-state index < -0.39 is 0 Å². The van der Waals surface area contributed by atoms with Gasteiger partial charge in [0, 0.05) is 10.6 Å². The van der Waals surface area contributed by atoms with Gasteiger partial charge < -0.3 is 14.8 Å². The molecule has 1 N–H and O–H groups in total.